The Morgan fingerprint density at radius 3 is 2.65 bits per heavy atom. The highest BCUT2D eigenvalue weighted by molar-refractivity contribution is 5.89. The van der Waals surface area contributed by atoms with Crippen molar-refractivity contribution < 1.29 is 23.1 Å². The van der Waals surface area contributed by atoms with Gasteiger partial charge in [0.1, 0.15) is 17.4 Å². The predicted molar refractivity (Wildman–Crippen MR) is 114 cm³/mol. The molecule has 166 valence electrons. The van der Waals surface area contributed by atoms with Gasteiger partial charge in [0.05, 0.1) is 19.2 Å². The number of hydrogen-bond donors (Lipinski definition) is 2. The van der Waals surface area contributed by atoms with Crippen LogP contribution in [0.4, 0.5) is 19.3 Å². The molecule has 2 aromatic rings. The Balaban J connectivity index is 1.36. The van der Waals surface area contributed by atoms with Crippen LogP contribution in [0.1, 0.15) is 24.8 Å². The van der Waals surface area contributed by atoms with E-state index in [1.54, 1.807) is 12.0 Å². The maximum absolute atomic E-state index is 13.7. The molecule has 0 radical (unpaired) electrons. The zero-order valence-electron chi connectivity index (χ0n) is 17.5. The van der Waals surface area contributed by atoms with E-state index >= 15 is 0 Å². The minimum Gasteiger partial charge on any atom is -0.497 e. The molecule has 2 N–H and O–H groups in total. The quantitative estimate of drug-likeness (QED) is 0.697. The van der Waals surface area contributed by atoms with Crippen molar-refractivity contribution in [1.82, 2.24) is 10.2 Å². The highest BCUT2D eigenvalue weighted by Crippen LogP contribution is 2.22. The number of ether oxygens (including phenoxy) is 1. The largest absolute Gasteiger partial charge is 0.497 e. The van der Waals surface area contributed by atoms with Gasteiger partial charge in [-0.05, 0) is 55.0 Å². The maximum Gasteiger partial charge on any atom is 0.321 e. The van der Waals surface area contributed by atoms with Gasteiger partial charge in [0, 0.05) is 25.7 Å². The standard InChI is InChI=1S/C23H27F2N3O3/c1-31-19-4-2-3-17(13-19)14-22(29)26-10-7-16-8-11-28(12-9-16)23(30)27-21-15-18(24)5-6-20(21)25/h2-6,13,15-16H,7-12,14H2,1H3,(H,26,29)(H,27,30). The van der Waals surface area contributed by atoms with Crippen molar-refractivity contribution in [3.8, 4) is 5.75 Å². The van der Waals surface area contributed by atoms with E-state index in [0.29, 0.717) is 32.0 Å². The number of nitrogens with zero attached hydrogens (tertiary/aromatic N) is 1. The van der Waals surface area contributed by atoms with Crippen molar-refractivity contribution in [2.24, 2.45) is 5.92 Å². The minimum atomic E-state index is -0.672. The Hall–Kier alpha value is -3.16. The molecular weight excluding hydrogens is 404 g/mol. The molecule has 0 spiro atoms. The number of benzene rings is 2. The highest BCUT2D eigenvalue weighted by Gasteiger charge is 2.23. The molecule has 1 aliphatic rings. The number of piperidine rings is 1. The van der Waals surface area contributed by atoms with Crippen molar-refractivity contribution >= 4 is 17.6 Å². The molecule has 0 aliphatic carbocycles. The first-order valence-electron chi connectivity index (χ1n) is 10.3. The maximum atomic E-state index is 13.7. The number of hydrogen-bond acceptors (Lipinski definition) is 3. The molecule has 8 heteroatoms. The lowest BCUT2D eigenvalue weighted by Crippen LogP contribution is -2.41. The molecule has 0 bridgehead atoms. The van der Waals surface area contributed by atoms with E-state index in [-0.39, 0.29) is 11.6 Å². The summed E-state index contributed by atoms with van der Waals surface area (Å²) in [7, 11) is 1.59. The van der Waals surface area contributed by atoms with Crippen molar-refractivity contribution in [2.45, 2.75) is 25.7 Å². The third-order valence-corrected chi connectivity index (χ3v) is 5.45. The summed E-state index contributed by atoms with van der Waals surface area (Å²) < 4.78 is 32.1. The lowest BCUT2D eigenvalue weighted by atomic mass is 9.93. The predicted octanol–water partition coefficient (Wildman–Crippen LogP) is 3.97. The van der Waals surface area contributed by atoms with Gasteiger partial charge < -0.3 is 20.3 Å². The fourth-order valence-corrected chi connectivity index (χ4v) is 3.66. The van der Waals surface area contributed by atoms with Crippen molar-refractivity contribution in [2.75, 3.05) is 32.1 Å². The molecule has 0 aromatic heterocycles. The average molecular weight is 431 g/mol. The monoisotopic (exact) mass is 431 g/mol. The number of nitrogens with one attached hydrogen (secondary N) is 2. The molecule has 2 aromatic carbocycles. The Morgan fingerprint density at radius 2 is 1.90 bits per heavy atom. The summed E-state index contributed by atoms with van der Waals surface area (Å²) >= 11 is 0. The first kappa shape index (κ1) is 22.5. The van der Waals surface area contributed by atoms with Gasteiger partial charge in [-0.25, -0.2) is 13.6 Å². The number of anilines is 1. The number of amides is 3. The van der Waals surface area contributed by atoms with Crippen LogP contribution in [-0.4, -0.2) is 43.6 Å². The van der Waals surface area contributed by atoms with Crippen molar-refractivity contribution in [3.63, 3.8) is 0 Å². The van der Waals surface area contributed by atoms with E-state index in [4.69, 9.17) is 4.74 Å². The third-order valence-electron chi connectivity index (χ3n) is 5.45. The molecule has 1 saturated heterocycles. The summed E-state index contributed by atoms with van der Waals surface area (Å²) in [5, 5.41) is 5.38. The second-order valence-electron chi connectivity index (χ2n) is 7.65. The molecule has 1 fully saturated rings. The van der Waals surface area contributed by atoms with Gasteiger partial charge in [0.25, 0.3) is 0 Å². The topological polar surface area (TPSA) is 70.7 Å². The van der Waals surface area contributed by atoms with Gasteiger partial charge in [0.15, 0.2) is 0 Å². The number of methoxy groups -OCH3 is 1. The number of carbonyl (C=O) groups is 2. The lowest BCUT2D eigenvalue weighted by molar-refractivity contribution is -0.120. The molecule has 0 atom stereocenters. The van der Waals surface area contributed by atoms with E-state index in [0.717, 1.165) is 48.8 Å². The molecule has 0 saturated carbocycles. The average Bonchev–Trinajstić information content (AvgIpc) is 2.77. The summed E-state index contributed by atoms with van der Waals surface area (Å²) in [6.45, 7) is 1.64. The Kier molecular flexibility index (Phi) is 7.81. The minimum absolute atomic E-state index is 0.0396. The smallest absolute Gasteiger partial charge is 0.321 e. The van der Waals surface area contributed by atoms with Gasteiger partial charge in [-0.2, -0.15) is 0 Å². The zero-order chi connectivity index (χ0) is 22.2. The number of halogens is 2. The first-order chi connectivity index (χ1) is 14.9. The summed E-state index contributed by atoms with van der Waals surface area (Å²) in [5.74, 6) is -0.200. The molecule has 3 rings (SSSR count). The van der Waals surface area contributed by atoms with E-state index in [1.165, 1.54) is 0 Å². The van der Waals surface area contributed by atoms with Crippen LogP contribution in [0.25, 0.3) is 0 Å². The second-order valence-corrected chi connectivity index (χ2v) is 7.65. The SMILES string of the molecule is COc1cccc(CC(=O)NCCC2CCN(C(=O)Nc3cc(F)ccc3F)CC2)c1. The van der Waals surface area contributed by atoms with Gasteiger partial charge in [0.2, 0.25) is 5.91 Å². The van der Waals surface area contributed by atoms with Crippen LogP contribution in [0, 0.1) is 17.6 Å². The molecule has 0 unspecified atom stereocenters. The Bertz CT molecular complexity index is 915. The van der Waals surface area contributed by atoms with Crippen LogP contribution in [0.2, 0.25) is 0 Å². The van der Waals surface area contributed by atoms with Gasteiger partial charge >= 0.3 is 6.03 Å². The zero-order valence-corrected chi connectivity index (χ0v) is 17.5. The van der Waals surface area contributed by atoms with Gasteiger partial charge in [-0.1, -0.05) is 12.1 Å². The number of urea groups is 1. The summed E-state index contributed by atoms with van der Waals surface area (Å²) in [4.78, 5) is 26.1. The summed E-state index contributed by atoms with van der Waals surface area (Å²) in [5.41, 5.74) is 0.733. The third kappa shape index (κ3) is 6.67. The van der Waals surface area contributed by atoms with E-state index in [2.05, 4.69) is 10.6 Å². The van der Waals surface area contributed by atoms with Crippen LogP contribution in [-0.2, 0) is 11.2 Å². The number of carbonyl (C=O) groups excluding carboxylic acids is 2. The Morgan fingerprint density at radius 1 is 1.13 bits per heavy atom. The van der Waals surface area contributed by atoms with Crippen LogP contribution in [0.5, 0.6) is 5.75 Å². The second kappa shape index (κ2) is 10.7. The van der Waals surface area contributed by atoms with Crippen molar-refractivity contribution in [1.29, 1.82) is 0 Å². The number of rotatable bonds is 7. The van der Waals surface area contributed by atoms with Crippen LogP contribution in [0.15, 0.2) is 42.5 Å². The lowest BCUT2D eigenvalue weighted by Gasteiger charge is -2.32. The number of likely N-dealkylation sites (tertiary alicyclic amines) is 1. The summed E-state index contributed by atoms with van der Waals surface area (Å²) in [6.07, 6.45) is 2.72. The fourth-order valence-electron chi connectivity index (χ4n) is 3.66. The van der Waals surface area contributed by atoms with Crippen LogP contribution < -0.4 is 15.4 Å². The summed E-state index contributed by atoms with van der Waals surface area (Å²) in [6, 6.07) is 9.94. The Labute approximate surface area is 180 Å². The first-order valence-corrected chi connectivity index (χ1v) is 10.3. The van der Waals surface area contributed by atoms with Crippen LogP contribution >= 0.6 is 0 Å². The van der Waals surface area contributed by atoms with Crippen molar-refractivity contribution in [3.05, 3.63) is 59.7 Å². The highest BCUT2D eigenvalue weighted by atomic mass is 19.1. The van der Waals surface area contributed by atoms with Gasteiger partial charge in [-0.15, -0.1) is 0 Å². The molecule has 6 nitrogen and oxygen atoms in total. The van der Waals surface area contributed by atoms with E-state index < -0.39 is 17.7 Å². The van der Waals surface area contributed by atoms with E-state index in [1.807, 2.05) is 24.3 Å². The fraction of sp³-hybridized carbons (Fsp3) is 0.391. The van der Waals surface area contributed by atoms with E-state index in [9.17, 15) is 18.4 Å². The molecule has 1 aliphatic heterocycles. The molecular formula is C23H27F2N3O3. The molecule has 3 amide bonds. The normalized spacial score (nSPS) is 14.2. The molecule has 1 heterocycles. The molecule has 31 heavy (non-hydrogen) atoms. The van der Waals surface area contributed by atoms with Gasteiger partial charge in [-0.3, -0.25) is 4.79 Å². The van der Waals surface area contributed by atoms with Crippen LogP contribution in [0.3, 0.4) is 0 Å².